The SMILES string of the molecule is COC(=O)c1csc2c(C(F)(F)F)cc(N3CCC(CC(=O)NC(C)C)CC3)nc12. The first-order valence-corrected chi connectivity index (χ1v) is 10.6. The van der Waals surface area contributed by atoms with Gasteiger partial charge < -0.3 is 15.0 Å². The van der Waals surface area contributed by atoms with E-state index in [0.29, 0.717) is 32.4 Å². The van der Waals surface area contributed by atoms with Crippen LogP contribution < -0.4 is 10.2 Å². The molecule has 6 nitrogen and oxygen atoms in total. The number of piperidine rings is 1. The summed E-state index contributed by atoms with van der Waals surface area (Å²) in [5, 5.41) is 4.21. The van der Waals surface area contributed by atoms with Crippen LogP contribution in [0.25, 0.3) is 10.2 Å². The number of hydrogen-bond donors (Lipinski definition) is 1. The van der Waals surface area contributed by atoms with E-state index in [1.54, 1.807) is 4.90 Å². The zero-order chi connectivity index (χ0) is 22.1. The molecular weight excluding hydrogens is 419 g/mol. The second-order valence-electron chi connectivity index (χ2n) is 7.70. The van der Waals surface area contributed by atoms with Gasteiger partial charge in [0.05, 0.1) is 28.5 Å². The van der Waals surface area contributed by atoms with Crippen LogP contribution in [0.3, 0.4) is 0 Å². The molecule has 1 saturated heterocycles. The number of carbonyl (C=O) groups excluding carboxylic acids is 2. The number of nitrogens with zero attached hydrogens (tertiary/aromatic N) is 2. The van der Waals surface area contributed by atoms with Gasteiger partial charge in [-0.3, -0.25) is 4.79 Å². The molecule has 164 valence electrons. The Labute approximate surface area is 176 Å². The molecule has 30 heavy (non-hydrogen) atoms. The zero-order valence-corrected chi connectivity index (χ0v) is 17.8. The van der Waals surface area contributed by atoms with Crippen molar-refractivity contribution in [3.63, 3.8) is 0 Å². The van der Waals surface area contributed by atoms with Gasteiger partial charge in [0.15, 0.2) is 0 Å². The van der Waals surface area contributed by atoms with Crippen molar-refractivity contribution in [1.82, 2.24) is 10.3 Å². The summed E-state index contributed by atoms with van der Waals surface area (Å²) in [7, 11) is 1.18. The minimum absolute atomic E-state index is 0.00936. The van der Waals surface area contributed by atoms with Crippen LogP contribution in [-0.4, -0.2) is 43.1 Å². The lowest BCUT2D eigenvalue weighted by molar-refractivity contribution is -0.136. The Morgan fingerprint density at radius 1 is 1.33 bits per heavy atom. The first-order valence-electron chi connectivity index (χ1n) is 9.72. The standard InChI is InChI=1S/C20H24F3N3O3S/c1-11(2)24-16(27)8-12-4-6-26(7-5-12)15-9-14(20(21,22)23)18-17(25-15)13(10-30-18)19(28)29-3/h9-12H,4-8H2,1-3H3,(H,24,27). The quantitative estimate of drug-likeness (QED) is 0.701. The number of carbonyl (C=O) groups is 2. The molecule has 1 amide bonds. The number of rotatable bonds is 5. The number of esters is 1. The van der Waals surface area contributed by atoms with Gasteiger partial charge in [-0.15, -0.1) is 11.3 Å². The zero-order valence-electron chi connectivity index (χ0n) is 17.0. The Morgan fingerprint density at radius 2 is 2.00 bits per heavy atom. The van der Waals surface area contributed by atoms with Gasteiger partial charge in [0.1, 0.15) is 5.82 Å². The van der Waals surface area contributed by atoms with E-state index in [-0.39, 0.29) is 39.5 Å². The van der Waals surface area contributed by atoms with Gasteiger partial charge in [-0.05, 0) is 38.7 Å². The number of ether oxygens (including phenoxy) is 1. The Morgan fingerprint density at radius 3 is 2.57 bits per heavy atom. The van der Waals surface area contributed by atoms with Crippen molar-refractivity contribution in [2.75, 3.05) is 25.1 Å². The molecule has 10 heteroatoms. The normalized spacial score (nSPS) is 15.6. The summed E-state index contributed by atoms with van der Waals surface area (Å²) in [6, 6.07) is 1.12. The van der Waals surface area contributed by atoms with E-state index >= 15 is 0 Å². The number of amides is 1. The maximum Gasteiger partial charge on any atom is 0.417 e. The predicted molar refractivity (Wildman–Crippen MR) is 109 cm³/mol. The highest BCUT2D eigenvalue weighted by Crippen LogP contribution is 2.40. The molecule has 0 saturated carbocycles. The van der Waals surface area contributed by atoms with Gasteiger partial charge in [0, 0.05) is 30.9 Å². The maximum absolute atomic E-state index is 13.7. The van der Waals surface area contributed by atoms with Crippen molar-refractivity contribution in [2.45, 2.75) is 45.3 Å². The summed E-state index contributed by atoms with van der Waals surface area (Å²) in [6.07, 6.45) is -2.80. The second kappa shape index (κ2) is 8.79. The summed E-state index contributed by atoms with van der Waals surface area (Å²) in [5.74, 6) is -0.363. The minimum atomic E-state index is -4.57. The van der Waals surface area contributed by atoms with Gasteiger partial charge in [-0.2, -0.15) is 13.2 Å². The molecule has 0 unspecified atom stereocenters. The molecule has 0 aliphatic carbocycles. The average molecular weight is 443 g/mol. The number of halogens is 3. The number of anilines is 1. The van der Waals surface area contributed by atoms with Crippen LogP contribution >= 0.6 is 11.3 Å². The lowest BCUT2D eigenvalue weighted by Crippen LogP contribution is -2.37. The summed E-state index contributed by atoms with van der Waals surface area (Å²) < 4.78 is 45.6. The number of thiophene rings is 1. The molecule has 0 bridgehead atoms. The largest absolute Gasteiger partial charge is 0.465 e. The monoisotopic (exact) mass is 443 g/mol. The lowest BCUT2D eigenvalue weighted by Gasteiger charge is -2.33. The Balaban J connectivity index is 1.84. The van der Waals surface area contributed by atoms with Crippen LogP contribution in [0.4, 0.5) is 19.0 Å². The summed E-state index contributed by atoms with van der Waals surface area (Å²) in [4.78, 5) is 30.1. The molecule has 3 rings (SSSR count). The second-order valence-corrected chi connectivity index (χ2v) is 8.58. The third-order valence-electron chi connectivity index (χ3n) is 5.08. The highest BCUT2D eigenvalue weighted by molar-refractivity contribution is 7.17. The summed E-state index contributed by atoms with van der Waals surface area (Å²) in [6.45, 7) is 4.78. The number of fused-ring (bicyclic) bond motifs is 1. The predicted octanol–water partition coefficient (Wildman–Crippen LogP) is 4.23. The number of hydrogen-bond acceptors (Lipinski definition) is 6. The molecule has 3 heterocycles. The maximum atomic E-state index is 13.7. The van der Waals surface area contributed by atoms with E-state index < -0.39 is 17.7 Å². The van der Waals surface area contributed by atoms with Crippen LogP contribution in [-0.2, 0) is 15.7 Å². The van der Waals surface area contributed by atoms with E-state index in [4.69, 9.17) is 0 Å². The smallest absolute Gasteiger partial charge is 0.417 e. The number of aromatic nitrogens is 1. The third kappa shape index (κ3) is 4.85. The van der Waals surface area contributed by atoms with Crippen molar-refractivity contribution >= 4 is 39.2 Å². The Kier molecular flexibility index (Phi) is 6.54. The van der Waals surface area contributed by atoms with E-state index in [1.165, 1.54) is 12.5 Å². The van der Waals surface area contributed by atoms with Crippen LogP contribution in [0.5, 0.6) is 0 Å². The summed E-state index contributed by atoms with van der Waals surface area (Å²) >= 11 is 0.832. The highest BCUT2D eigenvalue weighted by atomic mass is 32.1. The van der Waals surface area contributed by atoms with Gasteiger partial charge in [0.25, 0.3) is 0 Å². The molecule has 1 fully saturated rings. The number of methoxy groups -OCH3 is 1. The third-order valence-corrected chi connectivity index (χ3v) is 6.08. The van der Waals surface area contributed by atoms with Gasteiger partial charge >= 0.3 is 12.1 Å². The fourth-order valence-electron chi connectivity index (χ4n) is 3.63. The van der Waals surface area contributed by atoms with Crippen molar-refractivity contribution in [3.8, 4) is 0 Å². The van der Waals surface area contributed by atoms with Crippen LogP contribution in [0.15, 0.2) is 11.4 Å². The molecule has 1 aliphatic heterocycles. The molecule has 1 N–H and O–H groups in total. The topological polar surface area (TPSA) is 71.5 Å². The highest BCUT2D eigenvalue weighted by Gasteiger charge is 2.36. The van der Waals surface area contributed by atoms with E-state index in [2.05, 4.69) is 15.0 Å². The lowest BCUT2D eigenvalue weighted by atomic mass is 9.93. The first-order chi connectivity index (χ1) is 14.1. The number of alkyl halides is 3. The number of pyridine rings is 1. The molecule has 2 aromatic heterocycles. The van der Waals surface area contributed by atoms with Crippen LogP contribution in [0, 0.1) is 5.92 Å². The van der Waals surface area contributed by atoms with E-state index in [1.807, 2.05) is 13.8 Å². The number of nitrogens with one attached hydrogen (secondary N) is 1. The van der Waals surface area contributed by atoms with Gasteiger partial charge in [-0.1, -0.05) is 0 Å². The average Bonchev–Trinajstić information content (AvgIpc) is 3.09. The minimum Gasteiger partial charge on any atom is -0.465 e. The molecule has 0 spiro atoms. The molecule has 0 atom stereocenters. The first kappa shape index (κ1) is 22.3. The Hall–Kier alpha value is -2.36. The Bertz CT molecular complexity index is 935. The fraction of sp³-hybridized carbons (Fsp3) is 0.550. The van der Waals surface area contributed by atoms with Crippen molar-refractivity contribution < 1.29 is 27.5 Å². The van der Waals surface area contributed by atoms with Gasteiger partial charge in [-0.25, -0.2) is 9.78 Å². The van der Waals surface area contributed by atoms with Crippen LogP contribution in [0.2, 0.25) is 0 Å². The molecular formula is C20H24F3N3O3S. The van der Waals surface area contributed by atoms with Crippen molar-refractivity contribution in [2.24, 2.45) is 5.92 Å². The molecule has 1 aliphatic rings. The van der Waals surface area contributed by atoms with Crippen molar-refractivity contribution in [1.29, 1.82) is 0 Å². The van der Waals surface area contributed by atoms with E-state index in [9.17, 15) is 22.8 Å². The molecule has 0 radical (unpaired) electrons. The van der Waals surface area contributed by atoms with Crippen molar-refractivity contribution in [3.05, 3.63) is 22.6 Å². The molecule has 2 aromatic rings. The van der Waals surface area contributed by atoms with Gasteiger partial charge in [0.2, 0.25) is 5.91 Å². The van der Waals surface area contributed by atoms with E-state index in [0.717, 1.165) is 17.4 Å². The fourth-order valence-corrected chi connectivity index (χ4v) is 4.64. The summed E-state index contributed by atoms with van der Waals surface area (Å²) in [5.41, 5.74) is -0.763. The molecule has 0 aromatic carbocycles. The van der Waals surface area contributed by atoms with Crippen LogP contribution in [0.1, 0.15) is 49.0 Å².